The second-order valence-corrected chi connectivity index (χ2v) is 2.65. The smallest absolute Gasteiger partial charge is 0.126 e. The summed E-state index contributed by atoms with van der Waals surface area (Å²) < 4.78 is 17.6. The van der Waals surface area contributed by atoms with Gasteiger partial charge in [-0.15, -0.1) is 0 Å². The van der Waals surface area contributed by atoms with Crippen LogP contribution in [0.2, 0.25) is 0 Å². The van der Waals surface area contributed by atoms with E-state index in [0.29, 0.717) is 6.42 Å². The molecule has 0 aromatic carbocycles. The molecule has 2 nitrogen and oxygen atoms in total. The van der Waals surface area contributed by atoms with Crippen molar-refractivity contribution in [2.24, 2.45) is 0 Å². The Labute approximate surface area is 60.0 Å². The molecule has 0 radical (unpaired) electrons. The highest BCUT2D eigenvalue weighted by atomic mass is 19.1. The Morgan fingerprint density at radius 3 is 3.00 bits per heavy atom. The number of aliphatic hydroxyl groups is 1. The lowest BCUT2D eigenvalue weighted by Gasteiger charge is -2.10. The first kappa shape index (κ1) is 7.95. The van der Waals surface area contributed by atoms with Gasteiger partial charge in [-0.05, 0) is 12.8 Å². The van der Waals surface area contributed by atoms with Gasteiger partial charge >= 0.3 is 0 Å². The molecule has 0 aromatic rings. The van der Waals surface area contributed by atoms with Crippen molar-refractivity contribution < 1.29 is 14.2 Å². The van der Waals surface area contributed by atoms with Crippen LogP contribution >= 0.6 is 0 Å². The number of aliphatic hydroxyl groups excluding tert-OH is 1. The highest BCUT2D eigenvalue weighted by Gasteiger charge is 2.19. The van der Waals surface area contributed by atoms with Crippen molar-refractivity contribution >= 4 is 0 Å². The Morgan fingerprint density at radius 2 is 2.50 bits per heavy atom. The van der Waals surface area contributed by atoms with Crippen LogP contribution < -0.4 is 0 Å². The van der Waals surface area contributed by atoms with E-state index in [2.05, 4.69) is 0 Å². The van der Waals surface area contributed by atoms with E-state index >= 15 is 0 Å². The normalized spacial score (nSPS) is 28.8. The molecule has 0 unspecified atom stereocenters. The minimum atomic E-state index is -1.09. The molecule has 1 aliphatic heterocycles. The molecule has 3 heteroatoms. The lowest BCUT2D eigenvalue weighted by molar-refractivity contribution is 0.0638. The van der Waals surface area contributed by atoms with Gasteiger partial charge in [-0.3, -0.25) is 0 Å². The van der Waals surface area contributed by atoms with E-state index in [0.717, 1.165) is 19.4 Å². The van der Waals surface area contributed by atoms with Crippen LogP contribution in [0.15, 0.2) is 0 Å². The maximum absolute atomic E-state index is 12.5. The second kappa shape index (κ2) is 3.88. The standard InChI is InChI=1S/C7H13FO2/c8-6(5-9)4-7-2-1-3-10-7/h6-7,9H,1-5H2/t6-,7-/m1/s1. The summed E-state index contributed by atoms with van der Waals surface area (Å²) in [5.74, 6) is 0. The van der Waals surface area contributed by atoms with Gasteiger partial charge in [0.15, 0.2) is 0 Å². The van der Waals surface area contributed by atoms with Crippen molar-refractivity contribution in [1.82, 2.24) is 0 Å². The van der Waals surface area contributed by atoms with Gasteiger partial charge in [-0.2, -0.15) is 0 Å². The Morgan fingerprint density at radius 1 is 1.70 bits per heavy atom. The molecule has 10 heavy (non-hydrogen) atoms. The molecule has 0 saturated carbocycles. The van der Waals surface area contributed by atoms with E-state index in [1.807, 2.05) is 0 Å². The lowest BCUT2D eigenvalue weighted by Crippen LogP contribution is -2.16. The van der Waals surface area contributed by atoms with E-state index in [1.165, 1.54) is 0 Å². The number of alkyl halides is 1. The molecule has 0 aliphatic carbocycles. The summed E-state index contributed by atoms with van der Waals surface area (Å²) in [4.78, 5) is 0. The quantitative estimate of drug-likeness (QED) is 0.644. The van der Waals surface area contributed by atoms with Crippen molar-refractivity contribution in [2.45, 2.75) is 31.5 Å². The van der Waals surface area contributed by atoms with Crippen LogP contribution in [-0.4, -0.2) is 30.6 Å². The van der Waals surface area contributed by atoms with Crippen LogP contribution in [0, 0.1) is 0 Å². The van der Waals surface area contributed by atoms with E-state index < -0.39 is 6.17 Å². The van der Waals surface area contributed by atoms with Crippen molar-refractivity contribution in [3.05, 3.63) is 0 Å². The number of ether oxygens (including phenoxy) is 1. The third-order valence-corrected chi connectivity index (χ3v) is 1.74. The van der Waals surface area contributed by atoms with Gasteiger partial charge in [0.25, 0.3) is 0 Å². The fourth-order valence-corrected chi connectivity index (χ4v) is 1.19. The molecule has 1 heterocycles. The average Bonchev–Trinajstić information content (AvgIpc) is 2.40. The molecule has 0 amide bonds. The number of rotatable bonds is 3. The van der Waals surface area contributed by atoms with Crippen molar-refractivity contribution in [3.8, 4) is 0 Å². The number of hydrogen-bond donors (Lipinski definition) is 1. The Kier molecular flexibility index (Phi) is 3.09. The average molecular weight is 148 g/mol. The molecule has 60 valence electrons. The lowest BCUT2D eigenvalue weighted by atomic mass is 10.1. The fourth-order valence-electron chi connectivity index (χ4n) is 1.19. The predicted molar refractivity (Wildman–Crippen MR) is 35.6 cm³/mol. The van der Waals surface area contributed by atoms with Gasteiger partial charge in [0.05, 0.1) is 12.7 Å². The maximum atomic E-state index is 12.5. The third kappa shape index (κ3) is 2.23. The van der Waals surface area contributed by atoms with Crippen LogP contribution in [0.4, 0.5) is 4.39 Å². The van der Waals surface area contributed by atoms with Crippen LogP contribution in [0.1, 0.15) is 19.3 Å². The molecule has 0 spiro atoms. The van der Waals surface area contributed by atoms with E-state index in [1.54, 1.807) is 0 Å². The van der Waals surface area contributed by atoms with Gasteiger partial charge in [-0.25, -0.2) is 4.39 Å². The summed E-state index contributed by atoms with van der Waals surface area (Å²) in [6.45, 7) is 0.378. The number of halogens is 1. The topological polar surface area (TPSA) is 29.5 Å². The Hall–Kier alpha value is -0.150. The van der Waals surface area contributed by atoms with Crippen LogP contribution in [-0.2, 0) is 4.74 Å². The largest absolute Gasteiger partial charge is 0.393 e. The number of hydrogen-bond acceptors (Lipinski definition) is 2. The van der Waals surface area contributed by atoms with Gasteiger partial charge in [0.1, 0.15) is 6.17 Å². The Balaban J connectivity index is 2.11. The van der Waals surface area contributed by atoms with Crippen molar-refractivity contribution in [2.75, 3.05) is 13.2 Å². The SMILES string of the molecule is OC[C@H](F)C[C@H]1CCCO1. The van der Waals surface area contributed by atoms with Gasteiger partial charge in [0, 0.05) is 13.0 Å². The minimum absolute atomic E-state index is 0.0575. The zero-order valence-corrected chi connectivity index (χ0v) is 5.92. The zero-order valence-electron chi connectivity index (χ0n) is 5.92. The molecular formula is C7H13FO2. The fraction of sp³-hybridized carbons (Fsp3) is 1.00. The van der Waals surface area contributed by atoms with E-state index in [-0.39, 0.29) is 12.7 Å². The summed E-state index contributed by atoms with van der Waals surface area (Å²) in [6.07, 6.45) is 1.30. The summed E-state index contributed by atoms with van der Waals surface area (Å²) in [7, 11) is 0. The molecular weight excluding hydrogens is 135 g/mol. The first-order valence-electron chi connectivity index (χ1n) is 3.69. The first-order chi connectivity index (χ1) is 4.83. The molecule has 2 atom stereocenters. The molecule has 1 rings (SSSR count). The summed E-state index contributed by atoms with van der Waals surface area (Å²) >= 11 is 0. The maximum Gasteiger partial charge on any atom is 0.126 e. The molecule has 1 N–H and O–H groups in total. The van der Waals surface area contributed by atoms with Gasteiger partial charge in [0.2, 0.25) is 0 Å². The van der Waals surface area contributed by atoms with Crippen molar-refractivity contribution in [3.63, 3.8) is 0 Å². The van der Waals surface area contributed by atoms with Crippen molar-refractivity contribution in [1.29, 1.82) is 0 Å². The Bertz CT molecular complexity index is 91.6. The van der Waals surface area contributed by atoms with Gasteiger partial charge in [-0.1, -0.05) is 0 Å². The third-order valence-electron chi connectivity index (χ3n) is 1.74. The highest BCUT2D eigenvalue weighted by molar-refractivity contribution is 4.68. The minimum Gasteiger partial charge on any atom is -0.393 e. The second-order valence-electron chi connectivity index (χ2n) is 2.65. The van der Waals surface area contributed by atoms with Crippen LogP contribution in [0.5, 0.6) is 0 Å². The predicted octanol–water partition coefficient (Wildman–Crippen LogP) is 0.886. The van der Waals surface area contributed by atoms with Gasteiger partial charge < -0.3 is 9.84 Å². The highest BCUT2D eigenvalue weighted by Crippen LogP contribution is 2.17. The molecule has 1 aliphatic rings. The summed E-state index contributed by atoms with van der Waals surface area (Å²) in [6, 6.07) is 0. The zero-order chi connectivity index (χ0) is 7.40. The molecule has 0 bridgehead atoms. The van der Waals surface area contributed by atoms with E-state index in [4.69, 9.17) is 9.84 Å². The monoisotopic (exact) mass is 148 g/mol. The molecule has 1 saturated heterocycles. The molecule has 1 fully saturated rings. The summed E-state index contributed by atoms with van der Waals surface area (Å²) in [5, 5.41) is 8.36. The molecule has 0 aromatic heterocycles. The van der Waals surface area contributed by atoms with Crippen LogP contribution in [0.3, 0.4) is 0 Å². The van der Waals surface area contributed by atoms with Crippen LogP contribution in [0.25, 0.3) is 0 Å². The van der Waals surface area contributed by atoms with E-state index in [9.17, 15) is 4.39 Å². The first-order valence-corrected chi connectivity index (χ1v) is 3.69. The summed E-state index contributed by atoms with van der Waals surface area (Å²) in [5.41, 5.74) is 0.